The van der Waals surface area contributed by atoms with E-state index in [1.54, 1.807) is 6.07 Å². The summed E-state index contributed by atoms with van der Waals surface area (Å²) in [4.78, 5) is 35.4. The van der Waals surface area contributed by atoms with Gasteiger partial charge in [0.25, 0.3) is 5.91 Å². The van der Waals surface area contributed by atoms with Crippen molar-refractivity contribution in [2.75, 3.05) is 24.5 Å². The van der Waals surface area contributed by atoms with Gasteiger partial charge in [-0.25, -0.2) is 4.79 Å². The number of benzene rings is 1. The number of rotatable bonds is 6. The predicted molar refractivity (Wildman–Crippen MR) is 146 cm³/mol. The molecule has 37 heavy (non-hydrogen) atoms. The number of pyridine rings is 1. The first-order chi connectivity index (χ1) is 18.2. The van der Waals surface area contributed by atoms with Crippen LogP contribution in [0.4, 0.5) is 10.5 Å². The normalized spacial score (nSPS) is 20.1. The van der Waals surface area contributed by atoms with Crippen molar-refractivity contribution < 1.29 is 9.59 Å². The number of hydrogen-bond acceptors (Lipinski definition) is 4. The number of nitrogens with one attached hydrogen (secondary N) is 4. The van der Waals surface area contributed by atoms with E-state index in [4.69, 9.17) is 0 Å². The number of allylic oxidation sites excluding steroid dienone is 4. The first-order valence-corrected chi connectivity index (χ1v) is 12.8. The van der Waals surface area contributed by atoms with Crippen LogP contribution in [-0.4, -0.2) is 41.5 Å². The molecule has 1 aliphatic heterocycles. The van der Waals surface area contributed by atoms with Crippen LogP contribution in [0, 0.1) is 5.92 Å². The Bertz CT molecular complexity index is 1330. The van der Waals surface area contributed by atoms with Gasteiger partial charge in [-0.2, -0.15) is 0 Å². The third kappa shape index (κ3) is 6.27. The van der Waals surface area contributed by atoms with E-state index in [1.807, 2.05) is 73.2 Å². The highest BCUT2D eigenvalue weighted by Gasteiger charge is 2.21. The Kier molecular flexibility index (Phi) is 7.64. The van der Waals surface area contributed by atoms with Crippen molar-refractivity contribution in [3.63, 3.8) is 0 Å². The standard InChI is InChI=1S/C29H32N6O2/c36-28(23-8-7-22-9-16-31-27(22)19-23)33-25-5-3-1-2-4-6-26(25)34-29(37)32-20-21-12-17-35(18-13-21)24-10-14-30-15-11-24/h1-2,5-11,14-16,19,21,31H,3-4,12-13,17-18,20H2,(H,33,36)(H2,32,34,37)/b2-1-,25-5+,26-6+. The smallest absolute Gasteiger partial charge is 0.319 e. The van der Waals surface area contributed by atoms with E-state index < -0.39 is 0 Å². The van der Waals surface area contributed by atoms with Crippen LogP contribution >= 0.6 is 0 Å². The molecule has 0 bridgehead atoms. The molecule has 3 aromatic rings. The Hall–Kier alpha value is -4.33. The third-order valence-electron chi connectivity index (χ3n) is 6.88. The monoisotopic (exact) mass is 496 g/mol. The second-order valence-electron chi connectivity index (χ2n) is 9.38. The zero-order valence-corrected chi connectivity index (χ0v) is 20.7. The fourth-order valence-electron chi connectivity index (χ4n) is 4.76. The largest absolute Gasteiger partial charge is 0.371 e. The number of carbonyl (C=O) groups is 2. The lowest BCUT2D eigenvalue weighted by Crippen LogP contribution is -2.42. The first kappa shape index (κ1) is 24.4. The number of aromatic amines is 1. The number of aromatic nitrogens is 2. The molecule has 1 saturated heterocycles. The van der Waals surface area contributed by atoms with Crippen molar-refractivity contribution in [3.8, 4) is 0 Å². The van der Waals surface area contributed by atoms with E-state index >= 15 is 0 Å². The van der Waals surface area contributed by atoms with Crippen LogP contribution in [0.1, 0.15) is 36.0 Å². The first-order valence-electron chi connectivity index (χ1n) is 12.8. The number of urea groups is 1. The average Bonchev–Trinajstić information content (AvgIpc) is 3.40. The maximum atomic E-state index is 13.0. The summed E-state index contributed by atoms with van der Waals surface area (Å²) in [6.45, 7) is 2.54. The lowest BCUT2D eigenvalue weighted by molar-refractivity contribution is 0.0966. The minimum atomic E-state index is -0.264. The predicted octanol–water partition coefficient (Wildman–Crippen LogP) is 4.63. The fourth-order valence-corrected chi connectivity index (χ4v) is 4.76. The summed E-state index contributed by atoms with van der Waals surface area (Å²) in [7, 11) is 0. The van der Waals surface area contributed by atoms with Crippen molar-refractivity contribution in [3.05, 3.63) is 96.3 Å². The SMILES string of the molecule is O=C(NCC1CCN(c2ccncc2)CC1)NC1=C/C/C=C\C/C=C\1NC(=O)c1ccc2cc[nH]c2c1. The van der Waals surface area contributed by atoms with E-state index in [0.29, 0.717) is 42.3 Å². The molecule has 0 atom stereocenters. The van der Waals surface area contributed by atoms with Crippen LogP contribution in [0.25, 0.3) is 10.9 Å². The second kappa shape index (κ2) is 11.6. The van der Waals surface area contributed by atoms with E-state index in [2.05, 4.69) is 30.8 Å². The van der Waals surface area contributed by atoms with E-state index in [9.17, 15) is 9.59 Å². The summed E-state index contributed by atoms with van der Waals surface area (Å²) in [6, 6.07) is 11.3. The number of carbonyl (C=O) groups excluding carboxylic acids is 2. The van der Waals surface area contributed by atoms with Crippen LogP contribution in [-0.2, 0) is 0 Å². The average molecular weight is 497 g/mol. The van der Waals surface area contributed by atoms with Crippen molar-refractivity contribution >= 4 is 28.5 Å². The minimum Gasteiger partial charge on any atom is -0.371 e. The molecule has 8 nitrogen and oxygen atoms in total. The summed E-state index contributed by atoms with van der Waals surface area (Å²) in [5, 5.41) is 10.0. The molecule has 1 aliphatic carbocycles. The Labute approximate surface area is 216 Å². The number of anilines is 1. The summed E-state index contributed by atoms with van der Waals surface area (Å²) in [5.41, 5.74) is 3.85. The molecule has 8 heteroatoms. The fraction of sp³-hybridized carbons (Fsp3) is 0.276. The molecule has 1 fully saturated rings. The van der Waals surface area contributed by atoms with Crippen LogP contribution in [0.3, 0.4) is 0 Å². The molecule has 2 aliphatic rings. The molecular weight excluding hydrogens is 464 g/mol. The van der Waals surface area contributed by atoms with Gasteiger partial charge < -0.3 is 25.8 Å². The van der Waals surface area contributed by atoms with Gasteiger partial charge in [0.1, 0.15) is 0 Å². The molecule has 1 aromatic carbocycles. The van der Waals surface area contributed by atoms with Gasteiger partial charge >= 0.3 is 6.03 Å². The number of H-pyrrole nitrogens is 1. The molecule has 5 rings (SSSR count). The number of hydrogen-bond donors (Lipinski definition) is 4. The lowest BCUT2D eigenvalue weighted by atomic mass is 9.96. The number of piperidine rings is 1. The molecule has 0 unspecified atom stereocenters. The molecule has 0 saturated carbocycles. The van der Waals surface area contributed by atoms with Gasteiger partial charge in [0, 0.05) is 55.0 Å². The zero-order valence-electron chi connectivity index (χ0n) is 20.7. The Balaban J connectivity index is 1.16. The van der Waals surface area contributed by atoms with Gasteiger partial charge in [0.15, 0.2) is 0 Å². The van der Waals surface area contributed by atoms with Crippen molar-refractivity contribution in [2.24, 2.45) is 5.92 Å². The minimum absolute atomic E-state index is 0.221. The quantitative estimate of drug-likeness (QED) is 0.374. The molecule has 0 spiro atoms. The van der Waals surface area contributed by atoms with E-state index in [0.717, 1.165) is 36.8 Å². The summed E-state index contributed by atoms with van der Waals surface area (Å²) < 4.78 is 0. The molecule has 0 radical (unpaired) electrons. The second-order valence-corrected chi connectivity index (χ2v) is 9.38. The molecule has 3 amide bonds. The highest BCUT2D eigenvalue weighted by Crippen LogP contribution is 2.22. The summed E-state index contributed by atoms with van der Waals surface area (Å²) in [5.74, 6) is 0.206. The Morgan fingerprint density at radius 1 is 0.946 bits per heavy atom. The number of fused-ring (bicyclic) bond motifs is 1. The van der Waals surface area contributed by atoms with Crippen LogP contribution in [0.2, 0.25) is 0 Å². The van der Waals surface area contributed by atoms with Gasteiger partial charge in [0.2, 0.25) is 0 Å². The Morgan fingerprint density at radius 2 is 1.68 bits per heavy atom. The number of amides is 3. The summed E-state index contributed by atoms with van der Waals surface area (Å²) in [6.07, 6.45) is 16.8. The molecule has 3 heterocycles. The van der Waals surface area contributed by atoms with E-state index in [-0.39, 0.29) is 11.9 Å². The molecule has 2 aromatic heterocycles. The maximum Gasteiger partial charge on any atom is 0.319 e. The lowest BCUT2D eigenvalue weighted by Gasteiger charge is -2.33. The van der Waals surface area contributed by atoms with Gasteiger partial charge in [-0.15, -0.1) is 0 Å². The van der Waals surface area contributed by atoms with Crippen LogP contribution in [0.15, 0.2) is 90.7 Å². The third-order valence-corrected chi connectivity index (χ3v) is 6.88. The van der Waals surface area contributed by atoms with Gasteiger partial charge in [-0.3, -0.25) is 9.78 Å². The van der Waals surface area contributed by atoms with Crippen molar-refractivity contribution in [1.82, 2.24) is 25.9 Å². The molecule has 190 valence electrons. The van der Waals surface area contributed by atoms with Crippen LogP contribution in [0.5, 0.6) is 0 Å². The van der Waals surface area contributed by atoms with Crippen LogP contribution < -0.4 is 20.9 Å². The molecule has 4 N–H and O–H groups in total. The Morgan fingerprint density at radius 3 is 2.43 bits per heavy atom. The van der Waals surface area contributed by atoms with E-state index in [1.165, 1.54) is 5.69 Å². The zero-order chi connectivity index (χ0) is 25.5. The van der Waals surface area contributed by atoms with Crippen molar-refractivity contribution in [1.29, 1.82) is 0 Å². The topological polar surface area (TPSA) is 102 Å². The van der Waals surface area contributed by atoms with Gasteiger partial charge in [-0.1, -0.05) is 30.4 Å². The highest BCUT2D eigenvalue weighted by molar-refractivity contribution is 5.99. The maximum absolute atomic E-state index is 13.0. The summed E-state index contributed by atoms with van der Waals surface area (Å²) >= 11 is 0. The highest BCUT2D eigenvalue weighted by atomic mass is 16.2. The number of nitrogens with zero attached hydrogens (tertiary/aromatic N) is 2. The van der Waals surface area contributed by atoms with Gasteiger partial charge in [-0.05, 0) is 67.3 Å². The van der Waals surface area contributed by atoms with Gasteiger partial charge in [0.05, 0.1) is 11.4 Å². The van der Waals surface area contributed by atoms with Crippen molar-refractivity contribution in [2.45, 2.75) is 25.7 Å². The molecular formula is C29H32N6O2.